The van der Waals surface area contributed by atoms with Gasteiger partial charge in [0, 0.05) is 11.8 Å². The molecule has 1 aromatic rings. The van der Waals surface area contributed by atoms with E-state index in [9.17, 15) is 4.79 Å². The van der Waals surface area contributed by atoms with Crippen molar-refractivity contribution >= 4 is 23.2 Å². The van der Waals surface area contributed by atoms with Gasteiger partial charge in [0.15, 0.2) is 0 Å². The van der Waals surface area contributed by atoms with Gasteiger partial charge in [0.25, 0.3) is 5.91 Å². The van der Waals surface area contributed by atoms with Crippen molar-refractivity contribution in [1.82, 2.24) is 4.98 Å². The summed E-state index contributed by atoms with van der Waals surface area (Å²) >= 11 is 5.58. The Morgan fingerprint density at radius 3 is 2.94 bits per heavy atom. The fourth-order valence-electron chi connectivity index (χ4n) is 0.784. The molecule has 0 spiro atoms. The molecule has 82 valence electrons. The number of hydrogen-bond acceptors (Lipinski definition) is 5. The molecule has 0 bridgehead atoms. The highest BCUT2D eigenvalue weighted by molar-refractivity contribution is 6.44. The lowest BCUT2D eigenvalue weighted by molar-refractivity contribution is -0.112. The molecule has 0 aromatic carbocycles. The standard InChI is InChI=1S/C9H7ClN4O2/c10-8-2-1-6(4-13-8)5-16-14-7(3-11)9(12)15/h1-2,4H,5H2,(H2,12,15)/b14-7-. The lowest BCUT2D eigenvalue weighted by Crippen LogP contribution is -2.21. The monoisotopic (exact) mass is 238 g/mol. The number of oxime groups is 1. The van der Waals surface area contributed by atoms with Gasteiger partial charge in [0.05, 0.1) is 0 Å². The van der Waals surface area contributed by atoms with Gasteiger partial charge < -0.3 is 10.6 Å². The number of pyridine rings is 1. The zero-order chi connectivity index (χ0) is 12.0. The summed E-state index contributed by atoms with van der Waals surface area (Å²) in [5.74, 6) is -0.934. The molecule has 0 aliphatic heterocycles. The minimum atomic E-state index is -0.934. The van der Waals surface area contributed by atoms with E-state index in [0.717, 1.165) is 0 Å². The fraction of sp³-hybridized carbons (Fsp3) is 0.111. The molecule has 0 fully saturated rings. The first-order valence-corrected chi connectivity index (χ1v) is 4.51. The summed E-state index contributed by atoms with van der Waals surface area (Å²) in [5.41, 5.74) is 5.06. The van der Waals surface area contributed by atoms with Crippen molar-refractivity contribution in [1.29, 1.82) is 5.26 Å². The zero-order valence-corrected chi connectivity index (χ0v) is 8.81. The van der Waals surface area contributed by atoms with Crippen LogP contribution in [0.1, 0.15) is 5.56 Å². The Kier molecular flexibility index (Phi) is 4.24. The molecular formula is C9H7ClN4O2. The van der Waals surface area contributed by atoms with Gasteiger partial charge in [-0.05, 0) is 6.07 Å². The number of rotatable bonds is 4. The topological polar surface area (TPSA) is 101 Å². The van der Waals surface area contributed by atoms with Gasteiger partial charge in [-0.15, -0.1) is 0 Å². The van der Waals surface area contributed by atoms with Crippen molar-refractivity contribution in [3.8, 4) is 6.07 Å². The van der Waals surface area contributed by atoms with Gasteiger partial charge in [0.2, 0.25) is 5.71 Å². The number of primary amides is 1. The van der Waals surface area contributed by atoms with Crippen molar-refractivity contribution in [3.05, 3.63) is 29.0 Å². The summed E-state index contributed by atoms with van der Waals surface area (Å²) in [5, 5.41) is 12.1. The van der Waals surface area contributed by atoms with E-state index in [2.05, 4.69) is 10.1 Å². The molecule has 0 saturated heterocycles. The molecule has 0 atom stereocenters. The van der Waals surface area contributed by atoms with Crippen LogP contribution < -0.4 is 5.73 Å². The minimum Gasteiger partial charge on any atom is -0.390 e. The van der Waals surface area contributed by atoms with Gasteiger partial charge in [-0.3, -0.25) is 4.79 Å². The Hall–Kier alpha value is -2.13. The van der Waals surface area contributed by atoms with Crippen LogP contribution in [-0.2, 0) is 16.2 Å². The van der Waals surface area contributed by atoms with Crippen LogP contribution in [0.25, 0.3) is 0 Å². The Balaban J connectivity index is 2.56. The Morgan fingerprint density at radius 2 is 2.44 bits per heavy atom. The van der Waals surface area contributed by atoms with Crippen LogP contribution in [0.15, 0.2) is 23.5 Å². The number of halogens is 1. The summed E-state index contributed by atoms with van der Waals surface area (Å²) in [4.78, 5) is 19.1. The van der Waals surface area contributed by atoms with E-state index in [1.54, 1.807) is 12.1 Å². The lowest BCUT2D eigenvalue weighted by atomic mass is 10.3. The van der Waals surface area contributed by atoms with E-state index < -0.39 is 11.6 Å². The van der Waals surface area contributed by atoms with Crippen LogP contribution in [0.5, 0.6) is 0 Å². The molecule has 1 heterocycles. The molecule has 0 aliphatic carbocycles. The summed E-state index contributed by atoms with van der Waals surface area (Å²) in [6, 6.07) is 4.78. The summed E-state index contributed by atoms with van der Waals surface area (Å²) in [6.07, 6.45) is 1.49. The normalized spacial score (nSPS) is 10.6. The average molecular weight is 239 g/mol. The molecule has 6 nitrogen and oxygen atoms in total. The second kappa shape index (κ2) is 5.68. The van der Waals surface area contributed by atoms with E-state index in [4.69, 9.17) is 27.4 Å². The second-order valence-corrected chi connectivity index (χ2v) is 3.07. The van der Waals surface area contributed by atoms with E-state index in [0.29, 0.717) is 10.7 Å². The van der Waals surface area contributed by atoms with Crippen molar-refractivity contribution in [3.63, 3.8) is 0 Å². The van der Waals surface area contributed by atoms with Crippen molar-refractivity contribution in [2.75, 3.05) is 0 Å². The number of carbonyl (C=O) groups excluding carboxylic acids is 1. The molecular weight excluding hydrogens is 232 g/mol. The highest BCUT2D eigenvalue weighted by Gasteiger charge is 2.05. The molecule has 0 saturated carbocycles. The average Bonchev–Trinajstić information content (AvgIpc) is 2.26. The maximum absolute atomic E-state index is 10.6. The van der Waals surface area contributed by atoms with E-state index in [1.807, 2.05) is 0 Å². The number of carbonyl (C=O) groups is 1. The first kappa shape index (κ1) is 11.9. The Labute approximate surface area is 96.3 Å². The predicted molar refractivity (Wildman–Crippen MR) is 56.3 cm³/mol. The molecule has 2 N–H and O–H groups in total. The number of amides is 1. The van der Waals surface area contributed by atoms with Crippen LogP contribution in [-0.4, -0.2) is 16.6 Å². The third-order valence-electron chi connectivity index (χ3n) is 1.51. The quantitative estimate of drug-likeness (QED) is 0.472. The van der Waals surface area contributed by atoms with Gasteiger partial charge in [0.1, 0.15) is 17.8 Å². The molecule has 1 rings (SSSR count). The number of nitrogens with two attached hydrogens (primary N) is 1. The zero-order valence-electron chi connectivity index (χ0n) is 8.05. The smallest absolute Gasteiger partial charge is 0.281 e. The number of hydrogen-bond donors (Lipinski definition) is 1. The molecule has 1 amide bonds. The van der Waals surface area contributed by atoms with Crippen LogP contribution in [0.4, 0.5) is 0 Å². The molecule has 0 unspecified atom stereocenters. The van der Waals surface area contributed by atoms with Crippen molar-refractivity contribution in [2.24, 2.45) is 10.9 Å². The van der Waals surface area contributed by atoms with Crippen molar-refractivity contribution in [2.45, 2.75) is 6.61 Å². The SMILES string of the molecule is N#C/C(=N/OCc1ccc(Cl)nc1)C(N)=O. The Bertz CT molecular complexity index is 450. The summed E-state index contributed by atoms with van der Waals surface area (Å²) < 4.78 is 0. The van der Waals surface area contributed by atoms with Crippen molar-refractivity contribution < 1.29 is 9.63 Å². The second-order valence-electron chi connectivity index (χ2n) is 2.68. The van der Waals surface area contributed by atoms with Crippen LogP contribution in [0.3, 0.4) is 0 Å². The summed E-state index contributed by atoms with van der Waals surface area (Å²) in [7, 11) is 0. The van der Waals surface area contributed by atoms with Crippen LogP contribution in [0.2, 0.25) is 5.15 Å². The van der Waals surface area contributed by atoms with Gasteiger partial charge in [-0.25, -0.2) is 4.98 Å². The van der Waals surface area contributed by atoms with Crippen LogP contribution >= 0.6 is 11.6 Å². The van der Waals surface area contributed by atoms with E-state index >= 15 is 0 Å². The minimum absolute atomic E-state index is 0.0721. The number of aromatic nitrogens is 1. The highest BCUT2D eigenvalue weighted by atomic mass is 35.5. The lowest BCUT2D eigenvalue weighted by Gasteiger charge is -1.99. The predicted octanol–water partition coefficient (Wildman–Crippen LogP) is 0.616. The Morgan fingerprint density at radius 1 is 1.69 bits per heavy atom. The molecule has 0 radical (unpaired) electrons. The van der Waals surface area contributed by atoms with E-state index in [-0.39, 0.29) is 6.61 Å². The van der Waals surface area contributed by atoms with Gasteiger partial charge in [-0.1, -0.05) is 22.8 Å². The van der Waals surface area contributed by atoms with Gasteiger partial charge in [-0.2, -0.15) is 5.26 Å². The first-order valence-electron chi connectivity index (χ1n) is 4.13. The fourth-order valence-corrected chi connectivity index (χ4v) is 0.895. The van der Waals surface area contributed by atoms with Gasteiger partial charge >= 0.3 is 0 Å². The summed E-state index contributed by atoms with van der Waals surface area (Å²) in [6.45, 7) is 0.0721. The van der Waals surface area contributed by atoms with E-state index in [1.165, 1.54) is 12.3 Å². The molecule has 0 aliphatic rings. The number of nitrogens with zero attached hydrogens (tertiary/aromatic N) is 3. The largest absolute Gasteiger partial charge is 0.390 e. The third-order valence-corrected chi connectivity index (χ3v) is 1.74. The highest BCUT2D eigenvalue weighted by Crippen LogP contribution is 2.06. The maximum atomic E-state index is 10.6. The molecule has 16 heavy (non-hydrogen) atoms. The maximum Gasteiger partial charge on any atom is 0.281 e. The first-order chi connectivity index (χ1) is 7.63. The number of nitriles is 1. The molecule has 1 aromatic heterocycles. The van der Waals surface area contributed by atoms with Crippen LogP contribution in [0, 0.1) is 11.3 Å². The molecule has 7 heteroatoms. The third kappa shape index (κ3) is 3.55.